The fourth-order valence-corrected chi connectivity index (χ4v) is 4.20. The van der Waals surface area contributed by atoms with E-state index < -0.39 is 4.92 Å². The lowest BCUT2D eigenvalue weighted by Crippen LogP contribution is -2.48. The predicted octanol–water partition coefficient (Wildman–Crippen LogP) is 3.19. The molecule has 1 fully saturated rings. The minimum absolute atomic E-state index is 0.0591. The highest BCUT2D eigenvalue weighted by molar-refractivity contribution is 5.94. The Morgan fingerprint density at radius 3 is 2.15 bits per heavy atom. The lowest BCUT2D eigenvalue weighted by molar-refractivity contribution is -0.384. The Morgan fingerprint density at radius 2 is 1.48 bits per heavy atom. The largest absolute Gasteiger partial charge is 0.368 e. The van der Waals surface area contributed by atoms with Gasteiger partial charge in [-0.15, -0.1) is 0 Å². The van der Waals surface area contributed by atoms with Crippen LogP contribution in [0.4, 0.5) is 11.4 Å². The van der Waals surface area contributed by atoms with Crippen LogP contribution < -0.4 is 10.6 Å². The first-order valence-electron chi connectivity index (χ1n) is 10.6. The van der Waals surface area contributed by atoms with Crippen molar-refractivity contribution >= 4 is 28.3 Å². The van der Waals surface area contributed by atoms with Crippen LogP contribution in [0.2, 0.25) is 0 Å². The van der Waals surface area contributed by atoms with Gasteiger partial charge in [0.15, 0.2) is 0 Å². The Hall–Kier alpha value is -4.40. The number of nitro groups is 1. The van der Waals surface area contributed by atoms with Gasteiger partial charge in [0.1, 0.15) is 0 Å². The van der Waals surface area contributed by atoms with Gasteiger partial charge in [0, 0.05) is 49.6 Å². The van der Waals surface area contributed by atoms with Crippen LogP contribution in [0.1, 0.15) is 10.4 Å². The second kappa shape index (κ2) is 8.27. The van der Waals surface area contributed by atoms with Crippen molar-refractivity contribution in [3.8, 4) is 5.69 Å². The molecule has 0 unspecified atom stereocenters. The maximum absolute atomic E-state index is 13.0. The number of nitrogens with zero attached hydrogens (tertiary/aromatic N) is 4. The molecular weight excluding hydrogens is 422 g/mol. The van der Waals surface area contributed by atoms with Crippen LogP contribution in [0.3, 0.4) is 0 Å². The topological polar surface area (TPSA) is 104 Å². The number of aromatic nitrogens is 2. The number of carbonyl (C=O) groups excluding carboxylic acids is 1. The van der Waals surface area contributed by atoms with Crippen molar-refractivity contribution in [1.29, 1.82) is 0 Å². The Balaban J connectivity index is 1.27. The highest BCUT2D eigenvalue weighted by atomic mass is 16.6. The summed E-state index contributed by atoms with van der Waals surface area (Å²) in [6.45, 7) is 2.40. The number of non-ortho nitro benzene ring substituents is 1. The molecule has 3 aromatic carbocycles. The maximum atomic E-state index is 13.0. The molecule has 33 heavy (non-hydrogen) atoms. The molecule has 1 aliphatic heterocycles. The summed E-state index contributed by atoms with van der Waals surface area (Å²) in [5.74, 6) is -0.0591. The standard InChI is InChI=1S/C24H21N5O4/c30-23(27-15-13-26(14-16-27)18-9-11-20(12-10-18)29(32)33)17-5-7-19(8-6-17)28-22-4-2-1-3-21(22)25-24(28)31/h1-12H,13-16H2,(H,25,31). The molecule has 1 N–H and O–H groups in total. The molecule has 1 amide bonds. The van der Waals surface area contributed by atoms with Crippen molar-refractivity contribution in [2.75, 3.05) is 31.1 Å². The zero-order valence-electron chi connectivity index (χ0n) is 17.7. The summed E-state index contributed by atoms with van der Waals surface area (Å²) in [7, 11) is 0. The normalized spacial score (nSPS) is 13.9. The second-order valence-electron chi connectivity index (χ2n) is 7.88. The van der Waals surface area contributed by atoms with Gasteiger partial charge in [-0.1, -0.05) is 12.1 Å². The van der Waals surface area contributed by atoms with Crippen molar-refractivity contribution < 1.29 is 9.72 Å². The number of fused-ring (bicyclic) bond motifs is 1. The average molecular weight is 443 g/mol. The molecule has 4 aromatic rings. The Bertz CT molecular complexity index is 1380. The van der Waals surface area contributed by atoms with Crippen LogP contribution >= 0.6 is 0 Å². The number of para-hydroxylation sites is 2. The van der Waals surface area contributed by atoms with E-state index in [1.165, 1.54) is 12.1 Å². The zero-order chi connectivity index (χ0) is 22.9. The molecule has 0 atom stereocenters. The Labute approximate surface area is 188 Å². The van der Waals surface area contributed by atoms with E-state index in [1.54, 1.807) is 45.9 Å². The summed E-state index contributed by atoms with van der Waals surface area (Å²) in [4.78, 5) is 42.6. The van der Waals surface area contributed by atoms with Crippen LogP contribution in [0, 0.1) is 10.1 Å². The number of carbonyl (C=O) groups is 1. The molecule has 0 aliphatic carbocycles. The van der Waals surface area contributed by atoms with E-state index in [9.17, 15) is 19.7 Å². The fraction of sp³-hybridized carbons (Fsp3) is 0.167. The number of hydrogen-bond donors (Lipinski definition) is 1. The van der Waals surface area contributed by atoms with E-state index >= 15 is 0 Å². The fourth-order valence-electron chi connectivity index (χ4n) is 4.20. The number of nitro benzene ring substituents is 1. The molecular formula is C24H21N5O4. The quantitative estimate of drug-likeness (QED) is 0.385. The van der Waals surface area contributed by atoms with Crippen molar-refractivity contribution in [3.05, 3.63) is 99.0 Å². The number of nitrogens with one attached hydrogen (secondary N) is 1. The van der Waals surface area contributed by atoms with Gasteiger partial charge in [-0.3, -0.25) is 19.5 Å². The van der Waals surface area contributed by atoms with Gasteiger partial charge in [0.05, 0.1) is 21.6 Å². The number of aromatic amines is 1. The Morgan fingerprint density at radius 1 is 0.848 bits per heavy atom. The summed E-state index contributed by atoms with van der Waals surface area (Å²) >= 11 is 0. The summed E-state index contributed by atoms with van der Waals surface area (Å²) in [5, 5.41) is 10.8. The summed E-state index contributed by atoms with van der Waals surface area (Å²) in [6.07, 6.45) is 0. The third kappa shape index (κ3) is 3.84. The molecule has 166 valence electrons. The van der Waals surface area contributed by atoms with Gasteiger partial charge in [0.25, 0.3) is 11.6 Å². The molecule has 0 bridgehead atoms. The van der Waals surface area contributed by atoms with Crippen molar-refractivity contribution in [3.63, 3.8) is 0 Å². The predicted molar refractivity (Wildman–Crippen MR) is 125 cm³/mol. The number of hydrogen-bond acceptors (Lipinski definition) is 5. The van der Waals surface area contributed by atoms with Crippen LogP contribution in [0.5, 0.6) is 0 Å². The minimum atomic E-state index is -0.416. The highest BCUT2D eigenvalue weighted by Crippen LogP contribution is 2.22. The lowest BCUT2D eigenvalue weighted by Gasteiger charge is -2.36. The molecule has 9 heteroatoms. The van der Waals surface area contributed by atoms with Gasteiger partial charge in [0.2, 0.25) is 0 Å². The van der Waals surface area contributed by atoms with Crippen LogP contribution in [0.15, 0.2) is 77.6 Å². The molecule has 0 saturated carbocycles. The monoisotopic (exact) mass is 443 g/mol. The highest BCUT2D eigenvalue weighted by Gasteiger charge is 2.23. The second-order valence-corrected chi connectivity index (χ2v) is 7.88. The van der Waals surface area contributed by atoms with Gasteiger partial charge >= 0.3 is 5.69 Å². The smallest absolute Gasteiger partial charge is 0.331 e. The number of benzene rings is 3. The summed E-state index contributed by atoms with van der Waals surface area (Å²) in [6, 6.07) is 21.0. The molecule has 5 rings (SSSR count). The Kier molecular flexibility index (Phi) is 5.14. The number of anilines is 1. The van der Waals surface area contributed by atoms with Crippen LogP contribution in [0.25, 0.3) is 16.7 Å². The molecule has 2 heterocycles. The molecule has 0 spiro atoms. The molecule has 1 saturated heterocycles. The van der Waals surface area contributed by atoms with E-state index in [1.807, 2.05) is 24.3 Å². The van der Waals surface area contributed by atoms with E-state index in [-0.39, 0.29) is 17.3 Å². The number of piperazine rings is 1. The van der Waals surface area contributed by atoms with Crippen LogP contribution in [-0.4, -0.2) is 51.5 Å². The van der Waals surface area contributed by atoms with E-state index in [0.29, 0.717) is 37.4 Å². The summed E-state index contributed by atoms with van der Waals surface area (Å²) < 4.78 is 1.59. The molecule has 9 nitrogen and oxygen atoms in total. The number of amides is 1. The first-order chi connectivity index (χ1) is 16.0. The third-order valence-electron chi connectivity index (χ3n) is 5.95. The lowest BCUT2D eigenvalue weighted by atomic mass is 10.1. The molecule has 1 aromatic heterocycles. The maximum Gasteiger partial charge on any atom is 0.331 e. The van der Waals surface area contributed by atoms with Crippen molar-refractivity contribution in [2.45, 2.75) is 0 Å². The first-order valence-corrected chi connectivity index (χ1v) is 10.6. The number of H-pyrrole nitrogens is 1. The van der Waals surface area contributed by atoms with Gasteiger partial charge in [-0.05, 0) is 48.5 Å². The van der Waals surface area contributed by atoms with Gasteiger partial charge < -0.3 is 14.8 Å². The average Bonchev–Trinajstić information content (AvgIpc) is 3.19. The minimum Gasteiger partial charge on any atom is -0.368 e. The third-order valence-corrected chi connectivity index (χ3v) is 5.95. The number of imidazole rings is 1. The SMILES string of the molecule is O=C(c1ccc(-n2c(=O)[nH]c3ccccc32)cc1)N1CCN(c2ccc([N+](=O)[O-])cc2)CC1. The number of rotatable bonds is 4. The van der Waals surface area contributed by atoms with Crippen molar-refractivity contribution in [1.82, 2.24) is 14.5 Å². The zero-order valence-corrected chi connectivity index (χ0v) is 17.7. The molecule has 0 radical (unpaired) electrons. The van der Waals surface area contributed by atoms with E-state index in [0.717, 1.165) is 16.7 Å². The van der Waals surface area contributed by atoms with Crippen molar-refractivity contribution in [2.24, 2.45) is 0 Å². The molecule has 1 aliphatic rings. The van der Waals surface area contributed by atoms with Gasteiger partial charge in [-0.25, -0.2) is 4.79 Å². The summed E-state index contributed by atoms with van der Waals surface area (Å²) in [5.41, 5.74) is 3.54. The van der Waals surface area contributed by atoms with E-state index in [4.69, 9.17) is 0 Å². The van der Waals surface area contributed by atoms with Gasteiger partial charge in [-0.2, -0.15) is 0 Å². The first kappa shape index (κ1) is 20.5. The van der Waals surface area contributed by atoms with Crippen LogP contribution in [-0.2, 0) is 0 Å². The van der Waals surface area contributed by atoms with E-state index in [2.05, 4.69) is 9.88 Å².